The minimum absolute atomic E-state index is 0.0947. The zero-order valence-corrected chi connectivity index (χ0v) is 9.55. The van der Waals surface area contributed by atoms with Crippen molar-refractivity contribution < 1.29 is 13.9 Å². The Hall–Kier alpha value is -1.42. The van der Waals surface area contributed by atoms with E-state index in [1.54, 1.807) is 6.07 Å². The molecule has 0 aliphatic rings. The number of rotatable bonds is 6. The molecule has 88 valence electrons. The first-order valence-corrected chi connectivity index (χ1v) is 5.27. The van der Waals surface area contributed by atoms with Crippen molar-refractivity contribution in [1.82, 2.24) is 5.32 Å². The molecule has 0 atom stereocenters. The van der Waals surface area contributed by atoms with Crippen molar-refractivity contribution >= 4 is 5.78 Å². The molecule has 0 aromatic heterocycles. The van der Waals surface area contributed by atoms with Crippen molar-refractivity contribution in [3.8, 4) is 5.75 Å². The van der Waals surface area contributed by atoms with Crippen molar-refractivity contribution in [2.75, 3.05) is 20.2 Å². The summed E-state index contributed by atoms with van der Waals surface area (Å²) in [6.45, 7) is 3.32. The molecule has 16 heavy (non-hydrogen) atoms. The van der Waals surface area contributed by atoms with Crippen LogP contribution in [-0.4, -0.2) is 26.0 Å². The second kappa shape index (κ2) is 6.23. The second-order valence-electron chi connectivity index (χ2n) is 3.35. The molecule has 0 amide bonds. The molecular formula is C12H16FNO2. The zero-order valence-electron chi connectivity index (χ0n) is 9.55. The van der Waals surface area contributed by atoms with Gasteiger partial charge in [-0.1, -0.05) is 13.0 Å². The number of benzene rings is 1. The Labute approximate surface area is 94.6 Å². The fourth-order valence-corrected chi connectivity index (χ4v) is 1.40. The Morgan fingerprint density at radius 2 is 2.25 bits per heavy atom. The van der Waals surface area contributed by atoms with Crippen molar-refractivity contribution in [1.29, 1.82) is 0 Å². The smallest absolute Gasteiger partial charge is 0.175 e. The third-order valence-corrected chi connectivity index (χ3v) is 2.26. The number of hydrogen-bond donors (Lipinski definition) is 1. The van der Waals surface area contributed by atoms with Gasteiger partial charge in [0.25, 0.3) is 0 Å². The SMILES string of the molecule is CCNCCC(=O)c1cccc(OC)c1F. The summed E-state index contributed by atoms with van der Waals surface area (Å²) < 4.78 is 18.5. The predicted octanol–water partition coefficient (Wildman–Crippen LogP) is 2.02. The maximum Gasteiger partial charge on any atom is 0.175 e. The van der Waals surface area contributed by atoms with Crippen LogP contribution < -0.4 is 10.1 Å². The minimum atomic E-state index is -0.577. The van der Waals surface area contributed by atoms with Crippen LogP contribution in [0.3, 0.4) is 0 Å². The average molecular weight is 225 g/mol. The first kappa shape index (κ1) is 12.6. The highest BCUT2D eigenvalue weighted by molar-refractivity contribution is 5.96. The normalized spacial score (nSPS) is 10.2. The fraction of sp³-hybridized carbons (Fsp3) is 0.417. The predicted molar refractivity (Wildman–Crippen MR) is 60.4 cm³/mol. The van der Waals surface area contributed by atoms with Crippen LogP contribution in [0, 0.1) is 5.82 Å². The first-order chi connectivity index (χ1) is 7.70. The van der Waals surface area contributed by atoms with E-state index in [0.717, 1.165) is 6.54 Å². The third kappa shape index (κ3) is 3.03. The van der Waals surface area contributed by atoms with E-state index in [2.05, 4.69) is 5.32 Å². The van der Waals surface area contributed by atoms with E-state index in [1.165, 1.54) is 19.2 Å². The molecule has 0 aliphatic heterocycles. The lowest BCUT2D eigenvalue weighted by molar-refractivity contribution is 0.0978. The third-order valence-electron chi connectivity index (χ3n) is 2.26. The van der Waals surface area contributed by atoms with Gasteiger partial charge in [-0.2, -0.15) is 0 Å². The van der Waals surface area contributed by atoms with Crippen LogP contribution in [0.5, 0.6) is 5.75 Å². The van der Waals surface area contributed by atoms with Crippen LogP contribution in [0.4, 0.5) is 4.39 Å². The van der Waals surface area contributed by atoms with Gasteiger partial charge in [-0.05, 0) is 18.7 Å². The van der Waals surface area contributed by atoms with Gasteiger partial charge in [0.2, 0.25) is 0 Å². The van der Waals surface area contributed by atoms with Gasteiger partial charge < -0.3 is 10.1 Å². The van der Waals surface area contributed by atoms with Crippen molar-refractivity contribution in [3.63, 3.8) is 0 Å². The lowest BCUT2D eigenvalue weighted by Crippen LogP contribution is -2.18. The van der Waals surface area contributed by atoms with Crippen LogP contribution in [0.1, 0.15) is 23.7 Å². The first-order valence-electron chi connectivity index (χ1n) is 5.27. The maximum atomic E-state index is 13.7. The van der Waals surface area contributed by atoms with Gasteiger partial charge in [0, 0.05) is 13.0 Å². The molecular weight excluding hydrogens is 209 g/mol. The van der Waals surface area contributed by atoms with Gasteiger partial charge in [0.05, 0.1) is 12.7 Å². The molecule has 0 saturated carbocycles. The van der Waals surface area contributed by atoms with Gasteiger partial charge in [0.1, 0.15) is 0 Å². The zero-order chi connectivity index (χ0) is 12.0. The molecule has 0 aliphatic carbocycles. The number of carbonyl (C=O) groups excluding carboxylic acids is 1. The van der Waals surface area contributed by atoms with Crippen LogP contribution >= 0.6 is 0 Å². The summed E-state index contributed by atoms with van der Waals surface area (Å²) in [4.78, 5) is 11.7. The van der Waals surface area contributed by atoms with Gasteiger partial charge in [-0.3, -0.25) is 4.79 Å². The number of nitrogens with one attached hydrogen (secondary N) is 1. The molecule has 0 fully saturated rings. The monoisotopic (exact) mass is 225 g/mol. The second-order valence-corrected chi connectivity index (χ2v) is 3.35. The number of ether oxygens (including phenoxy) is 1. The maximum absolute atomic E-state index is 13.7. The summed E-state index contributed by atoms with van der Waals surface area (Å²) in [5.41, 5.74) is 0.0947. The highest BCUT2D eigenvalue weighted by atomic mass is 19.1. The van der Waals surface area contributed by atoms with Crippen molar-refractivity contribution in [3.05, 3.63) is 29.6 Å². The molecule has 4 heteroatoms. The highest BCUT2D eigenvalue weighted by Crippen LogP contribution is 2.20. The molecule has 1 N–H and O–H groups in total. The van der Waals surface area contributed by atoms with E-state index in [1.807, 2.05) is 6.92 Å². The summed E-state index contributed by atoms with van der Waals surface area (Å²) in [5, 5.41) is 3.02. The fourth-order valence-electron chi connectivity index (χ4n) is 1.40. The molecule has 1 rings (SSSR count). The van der Waals surface area contributed by atoms with Crippen molar-refractivity contribution in [2.45, 2.75) is 13.3 Å². The molecule has 0 bridgehead atoms. The van der Waals surface area contributed by atoms with E-state index in [0.29, 0.717) is 6.54 Å². The number of methoxy groups -OCH3 is 1. The van der Waals surface area contributed by atoms with Crippen LogP contribution in [0.2, 0.25) is 0 Å². The summed E-state index contributed by atoms with van der Waals surface area (Å²) in [7, 11) is 1.38. The van der Waals surface area contributed by atoms with E-state index in [9.17, 15) is 9.18 Å². The van der Waals surface area contributed by atoms with Crippen molar-refractivity contribution in [2.24, 2.45) is 0 Å². The van der Waals surface area contributed by atoms with Gasteiger partial charge in [-0.25, -0.2) is 4.39 Å². The van der Waals surface area contributed by atoms with Crippen LogP contribution in [-0.2, 0) is 0 Å². The van der Waals surface area contributed by atoms with Crippen LogP contribution in [0.15, 0.2) is 18.2 Å². The van der Waals surface area contributed by atoms with Gasteiger partial charge >= 0.3 is 0 Å². The summed E-state index contributed by atoms with van der Waals surface area (Å²) in [6, 6.07) is 4.59. The molecule has 0 heterocycles. The molecule has 1 aromatic rings. The Bertz CT molecular complexity index is 366. The molecule has 0 radical (unpaired) electrons. The number of hydrogen-bond acceptors (Lipinski definition) is 3. The van der Waals surface area contributed by atoms with E-state index in [4.69, 9.17) is 4.74 Å². The summed E-state index contributed by atoms with van der Waals surface area (Å²) in [6.07, 6.45) is 0.290. The number of halogens is 1. The molecule has 0 spiro atoms. The topological polar surface area (TPSA) is 38.3 Å². The minimum Gasteiger partial charge on any atom is -0.494 e. The molecule has 0 unspecified atom stereocenters. The quantitative estimate of drug-likeness (QED) is 0.594. The average Bonchev–Trinajstić information content (AvgIpc) is 2.29. The number of ketones is 1. The highest BCUT2D eigenvalue weighted by Gasteiger charge is 2.14. The summed E-state index contributed by atoms with van der Waals surface area (Å²) >= 11 is 0. The Morgan fingerprint density at radius 1 is 1.50 bits per heavy atom. The Kier molecular flexibility index (Phi) is 4.92. The van der Waals surface area contributed by atoms with E-state index in [-0.39, 0.29) is 23.5 Å². The summed E-state index contributed by atoms with van der Waals surface area (Å²) in [5.74, 6) is -0.682. The van der Waals surface area contributed by atoms with E-state index >= 15 is 0 Å². The van der Waals surface area contributed by atoms with Crippen LogP contribution in [0.25, 0.3) is 0 Å². The lowest BCUT2D eigenvalue weighted by atomic mass is 10.1. The van der Waals surface area contributed by atoms with E-state index < -0.39 is 5.82 Å². The standard InChI is InChI=1S/C12H16FNO2/c1-3-14-8-7-10(15)9-5-4-6-11(16-2)12(9)13/h4-6,14H,3,7-8H2,1-2H3. The van der Waals surface area contributed by atoms with Gasteiger partial charge in [0.15, 0.2) is 17.3 Å². The molecule has 3 nitrogen and oxygen atoms in total. The Balaban J connectivity index is 2.75. The molecule has 0 saturated heterocycles. The largest absolute Gasteiger partial charge is 0.494 e. The lowest BCUT2D eigenvalue weighted by Gasteiger charge is -2.06. The number of carbonyl (C=O) groups is 1. The Morgan fingerprint density at radius 3 is 2.88 bits per heavy atom. The molecule has 1 aromatic carbocycles. The number of Topliss-reactive ketones (excluding diaryl/α,β-unsaturated/α-hetero) is 1. The van der Waals surface area contributed by atoms with Gasteiger partial charge in [-0.15, -0.1) is 0 Å².